The molecule has 0 heterocycles. The SMILES string of the molecule is C/C(=C/C#N)CCc1ccccc1. The number of benzene rings is 1. The van der Waals surface area contributed by atoms with Crippen LogP contribution < -0.4 is 0 Å². The van der Waals surface area contributed by atoms with E-state index in [9.17, 15) is 0 Å². The van der Waals surface area contributed by atoms with Crippen molar-refractivity contribution in [2.75, 3.05) is 0 Å². The van der Waals surface area contributed by atoms with Crippen molar-refractivity contribution in [2.24, 2.45) is 0 Å². The summed E-state index contributed by atoms with van der Waals surface area (Å²) >= 11 is 0. The maximum Gasteiger partial charge on any atom is 0.0911 e. The van der Waals surface area contributed by atoms with Crippen molar-refractivity contribution in [1.82, 2.24) is 0 Å². The van der Waals surface area contributed by atoms with Gasteiger partial charge in [-0.05, 0) is 25.3 Å². The molecule has 66 valence electrons. The van der Waals surface area contributed by atoms with Crippen LogP contribution in [0.15, 0.2) is 42.0 Å². The molecule has 1 aromatic carbocycles. The van der Waals surface area contributed by atoms with Gasteiger partial charge in [0.05, 0.1) is 6.07 Å². The molecule has 0 amide bonds. The first kappa shape index (κ1) is 9.54. The normalized spacial score (nSPS) is 10.9. The molecule has 0 aliphatic carbocycles. The summed E-state index contributed by atoms with van der Waals surface area (Å²) < 4.78 is 0. The van der Waals surface area contributed by atoms with Crippen LogP contribution in [0.5, 0.6) is 0 Å². The molecule has 0 aliphatic rings. The summed E-state index contributed by atoms with van der Waals surface area (Å²) in [5.41, 5.74) is 2.47. The van der Waals surface area contributed by atoms with Gasteiger partial charge in [-0.1, -0.05) is 35.9 Å². The summed E-state index contributed by atoms with van der Waals surface area (Å²) in [6, 6.07) is 12.4. The highest BCUT2D eigenvalue weighted by molar-refractivity contribution is 5.18. The monoisotopic (exact) mass is 171 g/mol. The molecule has 0 aliphatic heterocycles. The van der Waals surface area contributed by atoms with E-state index in [1.165, 1.54) is 5.56 Å². The van der Waals surface area contributed by atoms with Gasteiger partial charge in [-0.15, -0.1) is 0 Å². The Hall–Kier alpha value is -1.55. The number of hydrogen-bond donors (Lipinski definition) is 0. The lowest BCUT2D eigenvalue weighted by Gasteiger charge is -1.99. The van der Waals surface area contributed by atoms with Crippen LogP contribution in [0.2, 0.25) is 0 Å². The van der Waals surface area contributed by atoms with Crippen molar-refractivity contribution >= 4 is 0 Å². The summed E-state index contributed by atoms with van der Waals surface area (Å²) in [6.45, 7) is 1.99. The van der Waals surface area contributed by atoms with E-state index < -0.39 is 0 Å². The molecule has 0 radical (unpaired) electrons. The number of nitrogens with zero attached hydrogens (tertiary/aromatic N) is 1. The topological polar surface area (TPSA) is 23.8 Å². The molecule has 0 fully saturated rings. The van der Waals surface area contributed by atoms with E-state index in [0.717, 1.165) is 18.4 Å². The minimum absolute atomic E-state index is 0.970. The fraction of sp³-hybridized carbons (Fsp3) is 0.250. The highest BCUT2D eigenvalue weighted by Crippen LogP contribution is 2.07. The van der Waals surface area contributed by atoms with Crippen molar-refractivity contribution in [3.8, 4) is 6.07 Å². The van der Waals surface area contributed by atoms with Crippen molar-refractivity contribution in [3.05, 3.63) is 47.5 Å². The fourth-order valence-corrected chi connectivity index (χ4v) is 1.17. The van der Waals surface area contributed by atoms with E-state index in [4.69, 9.17) is 5.26 Å². The Morgan fingerprint density at radius 1 is 1.38 bits per heavy atom. The number of rotatable bonds is 3. The average Bonchev–Trinajstić information content (AvgIpc) is 2.17. The van der Waals surface area contributed by atoms with E-state index in [-0.39, 0.29) is 0 Å². The van der Waals surface area contributed by atoms with Crippen LogP contribution >= 0.6 is 0 Å². The predicted molar refractivity (Wildman–Crippen MR) is 54.1 cm³/mol. The molecular weight excluding hydrogens is 158 g/mol. The smallest absolute Gasteiger partial charge is 0.0911 e. The summed E-state index contributed by atoms with van der Waals surface area (Å²) in [5, 5.41) is 8.41. The molecule has 1 aromatic rings. The molecule has 1 heteroatoms. The van der Waals surface area contributed by atoms with Gasteiger partial charge in [-0.3, -0.25) is 0 Å². The Kier molecular flexibility index (Phi) is 3.78. The average molecular weight is 171 g/mol. The van der Waals surface area contributed by atoms with Crippen LogP contribution in [0, 0.1) is 11.3 Å². The van der Waals surface area contributed by atoms with E-state index in [2.05, 4.69) is 12.1 Å². The lowest BCUT2D eigenvalue weighted by Crippen LogP contribution is -1.85. The molecular formula is C12H13N. The van der Waals surface area contributed by atoms with Crippen molar-refractivity contribution in [1.29, 1.82) is 5.26 Å². The van der Waals surface area contributed by atoms with Crippen LogP contribution in [0.4, 0.5) is 0 Å². The third-order valence-corrected chi connectivity index (χ3v) is 1.96. The van der Waals surface area contributed by atoms with Crippen LogP contribution in [-0.2, 0) is 6.42 Å². The predicted octanol–water partition coefficient (Wildman–Crippen LogP) is 3.09. The molecule has 0 saturated carbocycles. The first-order valence-electron chi connectivity index (χ1n) is 4.42. The van der Waals surface area contributed by atoms with Crippen molar-refractivity contribution < 1.29 is 0 Å². The molecule has 1 rings (SSSR count). The molecule has 0 aromatic heterocycles. The first-order chi connectivity index (χ1) is 6.33. The standard InChI is InChI=1S/C12H13N/c1-11(9-10-13)7-8-12-5-3-2-4-6-12/h2-6,9H,7-8H2,1H3/b11-9-. The molecule has 0 saturated heterocycles. The molecule has 0 bridgehead atoms. The zero-order valence-electron chi connectivity index (χ0n) is 7.83. The van der Waals surface area contributed by atoms with Crippen LogP contribution in [-0.4, -0.2) is 0 Å². The van der Waals surface area contributed by atoms with Gasteiger partial charge in [0, 0.05) is 6.08 Å². The Labute approximate surface area is 79.3 Å². The van der Waals surface area contributed by atoms with Crippen molar-refractivity contribution in [3.63, 3.8) is 0 Å². The maximum atomic E-state index is 8.41. The fourth-order valence-electron chi connectivity index (χ4n) is 1.17. The van der Waals surface area contributed by atoms with E-state index in [1.54, 1.807) is 6.08 Å². The third-order valence-electron chi connectivity index (χ3n) is 1.96. The van der Waals surface area contributed by atoms with Gasteiger partial charge in [0.1, 0.15) is 0 Å². The van der Waals surface area contributed by atoms with E-state index in [1.807, 2.05) is 31.2 Å². The van der Waals surface area contributed by atoms with Crippen LogP contribution in [0.25, 0.3) is 0 Å². The first-order valence-corrected chi connectivity index (χ1v) is 4.42. The second-order valence-corrected chi connectivity index (χ2v) is 3.11. The van der Waals surface area contributed by atoms with Gasteiger partial charge >= 0.3 is 0 Å². The Bertz CT molecular complexity index is 317. The van der Waals surface area contributed by atoms with E-state index in [0.29, 0.717) is 0 Å². The molecule has 1 nitrogen and oxygen atoms in total. The Morgan fingerprint density at radius 2 is 2.08 bits per heavy atom. The lowest BCUT2D eigenvalue weighted by molar-refractivity contribution is 0.942. The number of nitriles is 1. The summed E-state index contributed by atoms with van der Waals surface area (Å²) in [6.07, 6.45) is 3.60. The van der Waals surface area contributed by atoms with Crippen molar-refractivity contribution in [2.45, 2.75) is 19.8 Å². The number of aryl methyl sites for hydroxylation is 1. The Balaban J connectivity index is 2.45. The minimum atomic E-state index is 0.970. The highest BCUT2D eigenvalue weighted by Gasteiger charge is 1.92. The summed E-state index contributed by atoms with van der Waals surface area (Å²) in [7, 11) is 0. The van der Waals surface area contributed by atoms with Gasteiger partial charge < -0.3 is 0 Å². The Morgan fingerprint density at radius 3 is 2.69 bits per heavy atom. The maximum absolute atomic E-state index is 8.41. The summed E-state index contributed by atoms with van der Waals surface area (Å²) in [4.78, 5) is 0. The molecule has 0 N–H and O–H groups in total. The second-order valence-electron chi connectivity index (χ2n) is 3.11. The van der Waals surface area contributed by atoms with Gasteiger partial charge in [-0.2, -0.15) is 5.26 Å². The van der Waals surface area contributed by atoms with Gasteiger partial charge in [0.15, 0.2) is 0 Å². The number of allylic oxidation sites excluding steroid dienone is 2. The van der Waals surface area contributed by atoms with Gasteiger partial charge in [0.25, 0.3) is 0 Å². The molecule has 0 unspecified atom stereocenters. The van der Waals surface area contributed by atoms with Crippen LogP contribution in [0.1, 0.15) is 18.9 Å². The third kappa shape index (κ3) is 3.57. The summed E-state index contributed by atoms with van der Waals surface area (Å²) in [5.74, 6) is 0. The highest BCUT2D eigenvalue weighted by atomic mass is 14.2. The number of hydrogen-bond acceptors (Lipinski definition) is 1. The molecule has 0 spiro atoms. The molecule has 0 atom stereocenters. The van der Waals surface area contributed by atoms with E-state index >= 15 is 0 Å². The largest absolute Gasteiger partial charge is 0.193 e. The zero-order chi connectivity index (χ0) is 9.52. The zero-order valence-corrected chi connectivity index (χ0v) is 7.83. The molecule has 13 heavy (non-hydrogen) atoms. The van der Waals surface area contributed by atoms with Gasteiger partial charge in [0.2, 0.25) is 0 Å². The second kappa shape index (κ2) is 5.16. The van der Waals surface area contributed by atoms with Crippen LogP contribution in [0.3, 0.4) is 0 Å². The van der Waals surface area contributed by atoms with Gasteiger partial charge in [-0.25, -0.2) is 0 Å². The quantitative estimate of drug-likeness (QED) is 0.641. The lowest BCUT2D eigenvalue weighted by atomic mass is 10.1. The minimum Gasteiger partial charge on any atom is -0.193 e.